The zero-order valence-corrected chi connectivity index (χ0v) is 8.45. The molecule has 5 nitrogen and oxygen atoms in total. The second kappa shape index (κ2) is 4.27. The van der Waals surface area contributed by atoms with Crippen LogP contribution in [0.25, 0.3) is 0 Å². The van der Waals surface area contributed by atoms with Gasteiger partial charge in [0.15, 0.2) is 11.5 Å². The summed E-state index contributed by atoms with van der Waals surface area (Å²) in [5.41, 5.74) is 0.454. The van der Waals surface area contributed by atoms with Gasteiger partial charge >= 0.3 is 6.09 Å². The Bertz CT molecular complexity index is 382. The first kappa shape index (κ1) is 11.5. The van der Waals surface area contributed by atoms with Gasteiger partial charge in [-0.25, -0.2) is 4.79 Å². The van der Waals surface area contributed by atoms with Crippen LogP contribution in [0.15, 0.2) is 18.2 Å². The van der Waals surface area contributed by atoms with E-state index in [1.54, 1.807) is 12.1 Å². The molecule has 1 saturated heterocycles. The zero-order chi connectivity index (χ0) is 10.1. The standard InChI is InChI=1S/C9H9NO4.ClH/c11-7-3-1-2-5(8(7)12)6-4-14-9(13)10-6;/h1-3,6,11-12H,4H2,(H,10,13);1H/t6-;/m0./s1. The summed E-state index contributed by atoms with van der Waals surface area (Å²) in [4.78, 5) is 10.7. The number of amides is 1. The Morgan fingerprint density at radius 3 is 2.73 bits per heavy atom. The Kier molecular flexibility index (Phi) is 3.26. The molecule has 1 aromatic carbocycles. The number of hydrogen-bond acceptors (Lipinski definition) is 4. The first-order valence-corrected chi connectivity index (χ1v) is 4.12. The molecule has 1 atom stereocenters. The van der Waals surface area contributed by atoms with Gasteiger partial charge in [-0.05, 0) is 6.07 Å². The van der Waals surface area contributed by atoms with Gasteiger partial charge in [0.05, 0.1) is 6.04 Å². The lowest BCUT2D eigenvalue weighted by Crippen LogP contribution is -2.18. The number of cyclic esters (lactones) is 1. The van der Waals surface area contributed by atoms with E-state index in [4.69, 9.17) is 0 Å². The number of rotatable bonds is 1. The molecule has 0 aromatic heterocycles. The van der Waals surface area contributed by atoms with Crippen molar-refractivity contribution in [3.8, 4) is 11.5 Å². The third kappa shape index (κ3) is 2.07. The zero-order valence-electron chi connectivity index (χ0n) is 7.64. The van der Waals surface area contributed by atoms with Crippen LogP contribution >= 0.6 is 12.4 Å². The highest BCUT2D eigenvalue weighted by atomic mass is 35.5. The first-order chi connectivity index (χ1) is 6.68. The van der Waals surface area contributed by atoms with Gasteiger partial charge in [-0.1, -0.05) is 12.1 Å². The minimum absolute atomic E-state index is 0. The number of phenolic OH excluding ortho intramolecular Hbond substituents is 2. The summed E-state index contributed by atoms with van der Waals surface area (Å²) in [5, 5.41) is 21.2. The highest BCUT2D eigenvalue weighted by molar-refractivity contribution is 5.85. The fourth-order valence-electron chi connectivity index (χ4n) is 1.38. The molecule has 0 aliphatic carbocycles. The van der Waals surface area contributed by atoms with Crippen molar-refractivity contribution >= 4 is 18.5 Å². The Balaban J connectivity index is 0.00000112. The highest BCUT2D eigenvalue weighted by Crippen LogP contribution is 2.33. The third-order valence-electron chi connectivity index (χ3n) is 2.09. The van der Waals surface area contributed by atoms with Crippen molar-refractivity contribution in [3.05, 3.63) is 23.8 Å². The molecule has 82 valence electrons. The van der Waals surface area contributed by atoms with Gasteiger partial charge in [0.2, 0.25) is 0 Å². The van der Waals surface area contributed by atoms with Crippen molar-refractivity contribution in [2.45, 2.75) is 6.04 Å². The molecule has 15 heavy (non-hydrogen) atoms. The van der Waals surface area contributed by atoms with Crippen molar-refractivity contribution < 1.29 is 19.7 Å². The van der Waals surface area contributed by atoms with E-state index in [1.807, 2.05) is 0 Å². The lowest BCUT2D eigenvalue weighted by molar-refractivity contribution is 0.177. The number of alkyl carbamates (subject to hydrolysis) is 1. The van der Waals surface area contributed by atoms with Gasteiger partial charge < -0.3 is 20.3 Å². The first-order valence-electron chi connectivity index (χ1n) is 4.12. The molecular formula is C9H10ClNO4. The molecule has 3 N–H and O–H groups in total. The lowest BCUT2D eigenvalue weighted by atomic mass is 10.1. The monoisotopic (exact) mass is 231 g/mol. The largest absolute Gasteiger partial charge is 0.504 e. The summed E-state index contributed by atoms with van der Waals surface area (Å²) in [7, 11) is 0. The molecule has 1 fully saturated rings. The van der Waals surface area contributed by atoms with Crippen LogP contribution in [0.2, 0.25) is 0 Å². The molecule has 1 aliphatic heterocycles. The van der Waals surface area contributed by atoms with E-state index in [2.05, 4.69) is 10.1 Å². The van der Waals surface area contributed by atoms with E-state index >= 15 is 0 Å². The molecule has 0 radical (unpaired) electrons. The average molecular weight is 232 g/mol. The fourth-order valence-corrected chi connectivity index (χ4v) is 1.38. The Morgan fingerprint density at radius 1 is 1.40 bits per heavy atom. The molecule has 0 saturated carbocycles. The van der Waals surface area contributed by atoms with Crippen molar-refractivity contribution in [1.29, 1.82) is 0 Å². The maximum Gasteiger partial charge on any atom is 0.407 e. The molecule has 1 aromatic rings. The number of nitrogens with one attached hydrogen (secondary N) is 1. The van der Waals surface area contributed by atoms with Crippen molar-refractivity contribution in [3.63, 3.8) is 0 Å². The van der Waals surface area contributed by atoms with E-state index in [0.717, 1.165) is 0 Å². The Labute approximate surface area is 92.1 Å². The van der Waals surface area contributed by atoms with E-state index in [0.29, 0.717) is 5.56 Å². The second-order valence-corrected chi connectivity index (χ2v) is 3.01. The van der Waals surface area contributed by atoms with E-state index < -0.39 is 12.1 Å². The van der Waals surface area contributed by atoms with E-state index in [1.165, 1.54) is 6.07 Å². The van der Waals surface area contributed by atoms with Gasteiger partial charge in [-0.15, -0.1) is 12.4 Å². The molecular weight excluding hydrogens is 222 g/mol. The summed E-state index contributed by atoms with van der Waals surface area (Å²) >= 11 is 0. The Morgan fingerprint density at radius 2 is 2.13 bits per heavy atom. The van der Waals surface area contributed by atoms with Crippen LogP contribution in [0.5, 0.6) is 11.5 Å². The second-order valence-electron chi connectivity index (χ2n) is 3.01. The molecule has 1 heterocycles. The summed E-state index contributed by atoms with van der Waals surface area (Å²) < 4.78 is 4.67. The van der Waals surface area contributed by atoms with Crippen LogP contribution in [0.1, 0.15) is 11.6 Å². The number of aromatic hydroxyl groups is 2. The van der Waals surface area contributed by atoms with Crippen molar-refractivity contribution in [2.24, 2.45) is 0 Å². The summed E-state index contributed by atoms with van der Waals surface area (Å²) in [6.45, 7) is 0.163. The number of ether oxygens (including phenoxy) is 1. The van der Waals surface area contributed by atoms with Crippen LogP contribution in [0, 0.1) is 0 Å². The predicted octanol–water partition coefficient (Wildman–Crippen LogP) is 1.30. The third-order valence-corrected chi connectivity index (χ3v) is 2.09. The van der Waals surface area contributed by atoms with Crippen LogP contribution in [0.4, 0.5) is 4.79 Å². The SMILES string of the molecule is Cl.O=C1N[C@H](c2cccc(O)c2O)CO1. The molecule has 1 aliphatic rings. The van der Waals surface area contributed by atoms with Gasteiger partial charge in [0, 0.05) is 5.56 Å². The van der Waals surface area contributed by atoms with E-state index in [9.17, 15) is 15.0 Å². The normalized spacial score (nSPS) is 18.9. The van der Waals surface area contributed by atoms with E-state index in [-0.39, 0.29) is 30.5 Å². The minimum Gasteiger partial charge on any atom is -0.504 e. The number of para-hydroxylation sites is 1. The number of hydrogen-bond donors (Lipinski definition) is 3. The predicted molar refractivity (Wildman–Crippen MR) is 54.2 cm³/mol. The van der Waals surface area contributed by atoms with Crippen LogP contribution in [-0.2, 0) is 4.74 Å². The van der Waals surface area contributed by atoms with Gasteiger partial charge in [-0.2, -0.15) is 0 Å². The summed E-state index contributed by atoms with van der Waals surface area (Å²) in [6.07, 6.45) is -0.516. The highest BCUT2D eigenvalue weighted by Gasteiger charge is 2.26. The molecule has 2 rings (SSSR count). The van der Waals surface area contributed by atoms with Crippen LogP contribution in [-0.4, -0.2) is 22.9 Å². The quantitative estimate of drug-likeness (QED) is 0.637. The number of phenols is 2. The van der Waals surface area contributed by atoms with Crippen LogP contribution < -0.4 is 5.32 Å². The molecule has 6 heteroatoms. The van der Waals surface area contributed by atoms with Crippen LogP contribution in [0.3, 0.4) is 0 Å². The summed E-state index contributed by atoms with van der Waals surface area (Å²) in [5.74, 6) is -0.424. The van der Waals surface area contributed by atoms with Gasteiger partial charge in [-0.3, -0.25) is 0 Å². The minimum atomic E-state index is -0.516. The van der Waals surface area contributed by atoms with Gasteiger partial charge in [0.25, 0.3) is 0 Å². The molecule has 0 bridgehead atoms. The number of carbonyl (C=O) groups excluding carboxylic acids is 1. The van der Waals surface area contributed by atoms with Crippen molar-refractivity contribution in [2.75, 3.05) is 6.61 Å². The number of halogens is 1. The topological polar surface area (TPSA) is 78.8 Å². The fraction of sp³-hybridized carbons (Fsp3) is 0.222. The Hall–Kier alpha value is -1.62. The lowest BCUT2D eigenvalue weighted by Gasteiger charge is -2.10. The average Bonchev–Trinajstić information content (AvgIpc) is 2.57. The molecule has 1 amide bonds. The van der Waals surface area contributed by atoms with Gasteiger partial charge in [0.1, 0.15) is 6.61 Å². The number of carbonyl (C=O) groups is 1. The maximum absolute atomic E-state index is 10.7. The maximum atomic E-state index is 10.7. The summed E-state index contributed by atoms with van der Waals surface area (Å²) in [6, 6.07) is 4.19. The molecule has 0 spiro atoms. The molecule has 0 unspecified atom stereocenters. The number of benzene rings is 1. The smallest absolute Gasteiger partial charge is 0.407 e. The van der Waals surface area contributed by atoms with Crippen molar-refractivity contribution in [1.82, 2.24) is 5.32 Å².